The number of benzene rings is 1. The van der Waals surface area contributed by atoms with Gasteiger partial charge in [-0.2, -0.15) is 0 Å². The van der Waals surface area contributed by atoms with Gasteiger partial charge in [0.2, 0.25) is 0 Å². The van der Waals surface area contributed by atoms with Gasteiger partial charge in [-0.15, -0.1) is 11.3 Å². The molecule has 0 aliphatic heterocycles. The Balaban J connectivity index is 1.99. The molecule has 0 atom stereocenters. The van der Waals surface area contributed by atoms with Gasteiger partial charge in [0.15, 0.2) is 11.6 Å². The van der Waals surface area contributed by atoms with Crippen molar-refractivity contribution in [1.29, 1.82) is 0 Å². The molecule has 0 saturated heterocycles. The van der Waals surface area contributed by atoms with Crippen molar-refractivity contribution in [1.82, 2.24) is 5.32 Å². The van der Waals surface area contributed by atoms with Crippen LogP contribution < -0.4 is 10.1 Å². The van der Waals surface area contributed by atoms with Gasteiger partial charge < -0.3 is 14.8 Å². The van der Waals surface area contributed by atoms with Gasteiger partial charge in [-0.25, -0.2) is 4.39 Å². The summed E-state index contributed by atoms with van der Waals surface area (Å²) in [6, 6.07) is 8.61. The molecule has 0 amide bonds. The summed E-state index contributed by atoms with van der Waals surface area (Å²) in [6.07, 6.45) is 0. The number of para-hydroxylation sites is 1. The van der Waals surface area contributed by atoms with E-state index in [-0.39, 0.29) is 11.6 Å². The molecule has 1 aromatic heterocycles. The van der Waals surface area contributed by atoms with Gasteiger partial charge in [-0.3, -0.25) is 0 Å². The summed E-state index contributed by atoms with van der Waals surface area (Å²) >= 11 is 7.30. The minimum atomic E-state index is -0.358. The number of hydrogen-bond acceptors (Lipinski definition) is 4. The molecule has 0 fully saturated rings. The first kappa shape index (κ1) is 16.2. The number of hydrogen-bond donors (Lipinski definition) is 1. The molecule has 21 heavy (non-hydrogen) atoms. The van der Waals surface area contributed by atoms with Crippen LogP contribution in [0.4, 0.5) is 4.39 Å². The Morgan fingerprint density at radius 2 is 2.14 bits per heavy atom. The van der Waals surface area contributed by atoms with Gasteiger partial charge in [-0.1, -0.05) is 23.7 Å². The van der Waals surface area contributed by atoms with Crippen molar-refractivity contribution in [2.75, 3.05) is 20.3 Å². The van der Waals surface area contributed by atoms with Crippen molar-refractivity contribution < 1.29 is 13.9 Å². The highest BCUT2D eigenvalue weighted by atomic mass is 35.5. The van der Waals surface area contributed by atoms with E-state index >= 15 is 0 Å². The van der Waals surface area contributed by atoms with Gasteiger partial charge in [0.05, 0.1) is 10.9 Å². The second kappa shape index (κ2) is 8.34. The van der Waals surface area contributed by atoms with Gasteiger partial charge in [0.25, 0.3) is 0 Å². The Bertz CT molecular complexity index is 577. The number of rotatable bonds is 8. The first-order valence-electron chi connectivity index (χ1n) is 6.54. The van der Waals surface area contributed by atoms with Crippen LogP contribution in [0.25, 0.3) is 0 Å². The van der Waals surface area contributed by atoms with E-state index in [4.69, 9.17) is 21.1 Å². The van der Waals surface area contributed by atoms with Gasteiger partial charge in [-0.05, 0) is 18.2 Å². The van der Waals surface area contributed by atoms with E-state index in [0.717, 1.165) is 10.4 Å². The third-order valence-corrected chi connectivity index (χ3v) is 4.04. The third kappa shape index (κ3) is 4.97. The standard InChI is InChI=1S/C15H17ClFNO2S/c1-19-8-7-18-9-11-3-2-4-13(17)15(11)20-10-12-5-6-14(16)21-12/h2-6,18H,7-10H2,1H3. The van der Waals surface area contributed by atoms with E-state index in [1.807, 2.05) is 12.1 Å². The fourth-order valence-electron chi connectivity index (χ4n) is 1.82. The molecule has 0 unspecified atom stereocenters. The molecular weight excluding hydrogens is 313 g/mol. The zero-order valence-electron chi connectivity index (χ0n) is 11.7. The summed E-state index contributed by atoms with van der Waals surface area (Å²) in [5.74, 6) is -0.0735. The van der Waals surface area contributed by atoms with Crippen molar-refractivity contribution in [3.8, 4) is 5.75 Å². The molecule has 2 aromatic rings. The lowest BCUT2D eigenvalue weighted by Gasteiger charge is -2.12. The monoisotopic (exact) mass is 329 g/mol. The predicted octanol–water partition coefficient (Wildman–Crippen LogP) is 3.86. The molecule has 6 heteroatoms. The first-order chi connectivity index (χ1) is 10.2. The Labute approximate surface area is 132 Å². The van der Waals surface area contributed by atoms with Crippen molar-refractivity contribution >= 4 is 22.9 Å². The summed E-state index contributed by atoms with van der Waals surface area (Å²) in [7, 11) is 1.64. The van der Waals surface area contributed by atoms with Crippen LogP contribution >= 0.6 is 22.9 Å². The third-order valence-electron chi connectivity index (χ3n) is 2.83. The average molecular weight is 330 g/mol. The average Bonchev–Trinajstić information content (AvgIpc) is 2.88. The number of ether oxygens (including phenoxy) is 2. The van der Waals surface area contributed by atoms with Gasteiger partial charge in [0, 0.05) is 30.6 Å². The molecule has 114 valence electrons. The Kier molecular flexibility index (Phi) is 6.45. The van der Waals surface area contributed by atoms with Crippen LogP contribution in [0.5, 0.6) is 5.75 Å². The first-order valence-corrected chi connectivity index (χ1v) is 7.74. The zero-order valence-corrected chi connectivity index (χ0v) is 13.3. The maximum absolute atomic E-state index is 13.9. The molecule has 0 aliphatic rings. The molecule has 1 aromatic carbocycles. The molecule has 2 rings (SSSR count). The summed E-state index contributed by atoms with van der Waals surface area (Å²) in [5, 5.41) is 3.18. The van der Waals surface area contributed by atoms with Gasteiger partial charge in [0.1, 0.15) is 6.61 Å². The van der Waals surface area contributed by atoms with E-state index in [9.17, 15) is 4.39 Å². The highest BCUT2D eigenvalue weighted by molar-refractivity contribution is 7.16. The van der Waals surface area contributed by atoms with Crippen LogP contribution in [0.3, 0.4) is 0 Å². The fourth-order valence-corrected chi connectivity index (χ4v) is 2.83. The summed E-state index contributed by atoms with van der Waals surface area (Å²) < 4.78 is 25.2. The van der Waals surface area contributed by atoms with Crippen LogP contribution in [0.1, 0.15) is 10.4 Å². The van der Waals surface area contributed by atoms with Crippen molar-refractivity contribution in [3.05, 3.63) is 50.9 Å². The lowest BCUT2D eigenvalue weighted by atomic mass is 10.2. The van der Waals surface area contributed by atoms with E-state index in [2.05, 4.69) is 5.32 Å². The number of methoxy groups -OCH3 is 1. The maximum atomic E-state index is 13.9. The fraction of sp³-hybridized carbons (Fsp3) is 0.333. The molecule has 3 nitrogen and oxygen atoms in total. The summed E-state index contributed by atoms with van der Waals surface area (Å²) in [6.45, 7) is 2.15. The topological polar surface area (TPSA) is 30.5 Å². The molecule has 0 radical (unpaired) electrons. The molecule has 0 aliphatic carbocycles. The zero-order chi connectivity index (χ0) is 15.1. The summed E-state index contributed by atoms with van der Waals surface area (Å²) in [4.78, 5) is 0.960. The maximum Gasteiger partial charge on any atom is 0.165 e. The minimum absolute atomic E-state index is 0.284. The lowest BCUT2D eigenvalue weighted by molar-refractivity contribution is 0.199. The molecule has 1 heterocycles. The van der Waals surface area contributed by atoms with E-state index in [0.29, 0.717) is 30.6 Å². The Morgan fingerprint density at radius 1 is 1.29 bits per heavy atom. The van der Waals surface area contributed by atoms with E-state index < -0.39 is 0 Å². The highest BCUT2D eigenvalue weighted by Crippen LogP contribution is 2.26. The van der Waals surface area contributed by atoms with Crippen LogP contribution in [0.15, 0.2) is 30.3 Å². The second-order valence-corrected chi connectivity index (χ2v) is 6.19. The van der Waals surface area contributed by atoms with Crippen LogP contribution in [0.2, 0.25) is 4.34 Å². The Morgan fingerprint density at radius 3 is 2.86 bits per heavy atom. The lowest BCUT2D eigenvalue weighted by Crippen LogP contribution is -2.19. The van der Waals surface area contributed by atoms with Gasteiger partial charge >= 0.3 is 0 Å². The van der Waals surface area contributed by atoms with Crippen molar-refractivity contribution in [2.45, 2.75) is 13.2 Å². The predicted molar refractivity (Wildman–Crippen MR) is 83.6 cm³/mol. The SMILES string of the molecule is COCCNCc1cccc(F)c1OCc1ccc(Cl)s1. The molecule has 0 bridgehead atoms. The van der Waals surface area contributed by atoms with Crippen LogP contribution in [-0.2, 0) is 17.9 Å². The number of nitrogens with one attached hydrogen (secondary N) is 1. The molecule has 1 N–H and O–H groups in total. The van der Waals surface area contributed by atoms with Crippen molar-refractivity contribution in [2.24, 2.45) is 0 Å². The quantitative estimate of drug-likeness (QED) is 0.746. The van der Waals surface area contributed by atoms with E-state index in [1.165, 1.54) is 17.4 Å². The number of halogens is 2. The number of thiophene rings is 1. The normalized spacial score (nSPS) is 10.8. The highest BCUT2D eigenvalue weighted by Gasteiger charge is 2.10. The molecular formula is C15H17ClFNO2S. The summed E-state index contributed by atoms with van der Waals surface area (Å²) in [5.41, 5.74) is 0.786. The second-order valence-electron chi connectivity index (χ2n) is 4.39. The Hall–Kier alpha value is -1.14. The van der Waals surface area contributed by atoms with E-state index in [1.54, 1.807) is 19.2 Å². The smallest absolute Gasteiger partial charge is 0.165 e. The van der Waals surface area contributed by atoms with Crippen LogP contribution in [-0.4, -0.2) is 20.3 Å². The van der Waals surface area contributed by atoms with Crippen molar-refractivity contribution in [3.63, 3.8) is 0 Å². The molecule has 0 spiro atoms. The molecule has 0 saturated carbocycles. The minimum Gasteiger partial charge on any atom is -0.485 e. The van der Waals surface area contributed by atoms with Crippen LogP contribution in [0, 0.1) is 5.82 Å². The largest absolute Gasteiger partial charge is 0.485 e.